The molecule has 5 rings (SSSR count). The maximum absolute atomic E-state index is 13.7. The third-order valence-electron chi connectivity index (χ3n) is 7.90. The minimum Gasteiger partial charge on any atom is -0.410 e. The van der Waals surface area contributed by atoms with Crippen LogP contribution in [-0.2, 0) is 4.79 Å². The topological polar surface area (TPSA) is 114 Å². The van der Waals surface area contributed by atoms with Gasteiger partial charge in [-0.1, -0.05) is 29.8 Å². The van der Waals surface area contributed by atoms with Crippen molar-refractivity contribution in [3.8, 4) is 17.9 Å². The van der Waals surface area contributed by atoms with Gasteiger partial charge in [0.2, 0.25) is 5.91 Å². The molecule has 3 aromatic rings. The van der Waals surface area contributed by atoms with Gasteiger partial charge in [0.1, 0.15) is 17.6 Å². The lowest BCUT2D eigenvalue weighted by Crippen LogP contribution is -2.45. The molecular weight excluding hydrogens is 540 g/mol. The van der Waals surface area contributed by atoms with Crippen molar-refractivity contribution < 1.29 is 14.3 Å². The highest BCUT2D eigenvalue weighted by atomic mass is 35.5. The molecule has 9 nitrogen and oxygen atoms in total. The zero-order chi connectivity index (χ0) is 28.9. The SMILES string of the molecule is CN(C(=O)Oc1cccc(C#N)c1)C1CN(C(=O)C2CCN(c3ccc(C#N)cn3)CC2)CC1c1ccc(Cl)cc1. The van der Waals surface area contributed by atoms with Crippen LogP contribution in [0.2, 0.25) is 5.02 Å². The maximum atomic E-state index is 13.7. The van der Waals surface area contributed by atoms with Crippen LogP contribution in [0, 0.1) is 28.6 Å². The second kappa shape index (κ2) is 12.3. The molecule has 0 aliphatic carbocycles. The normalized spacial score (nSPS) is 18.8. The summed E-state index contributed by atoms with van der Waals surface area (Å²) in [5, 5.41) is 18.8. The molecule has 2 aromatic carbocycles. The molecule has 0 saturated carbocycles. The first-order valence-electron chi connectivity index (χ1n) is 13.5. The van der Waals surface area contributed by atoms with E-state index in [1.54, 1.807) is 42.4 Å². The number of ether oxygens (including phenoxy) is 1. The summed E-state index contributed by atoms with van der Waals surface area (Å²) in [5.74, 6) is 0.933. The number of carbonyl (C=O) groups is 2. The van der Waals surface area contributed by atoms with Gasteiger partial charge in [0, 0.05) is 56.3 Å². The van der Waals surface area contributed by atoms with Crippen molar-refractivity contribution in [2.45, 2.75) is 24.8 Å². The van der Waals surface area contributed by atoms with Crippen molar-refractivity contribution in [2.24, 2.45) is 5.92 Å². The zero-order valence-corrected chi connectivity index (χ0v) is 23.4. The van der Waals surface area contributed by atoms with Crippen LogP contribution in [0.25, 0.3) is 0 Å². The first-order chi connectivity index (χ1) is 19.9. The molecule has 2 aliphatic heterocycles. The Kier molecular flexibility index (Phi) is 8.37. The third-order valence-corrected chi connectivity index (χ3v) is 8.15. The molecule has 2 atom stereocenters. The predicted octanol–water partition coefficient (Wildman–Crippen LogP) is 4.82. The van der Waals surface area contributed by atoms with Crippen molar-refractivity contribution >= 4 is 29.4 Å². The van der Waals surface area contributed by atoms with E-state index in [0.29, 0.717) is 60.9 Å². The number of amides is 2. The molecule has 2 fully saturated rings. The Morgan fingerprint density at radius 2 is 1.73 bits per heavy atom. The van der Waals surface area contributed by atoms with Crippen LogP contribution >= 0.6 is 11.6 Å². The van der Waals surface area contributed by atoms with Crippen LogP contribution in [0.5, 0.6) is 5.75 Å². The summed E-state index contributed by atoms with van der Waals surface area (Å²) in [6, 6.07) is 21.4. The molecule has 0 radical (unpaired) electrons. The van der Waals surface area contributed by atoms with Gasteiger partial charge in [0.05, 0.1) is 23.2 Å². The van der Waals surface area contributed by atoms with Gasteiger partial charge in [-0.3, -0.25) is 4.79 Å². The summed E-state index contributed by atoms with van der Waals surface area (Å²) in [4.78, 5) is 36.9. The highest BCUT2D eigenvalue weighted by molar-refractivity contribution is 6.30. The molecule has 2 amide bonds. The number of halogens is 1. The molecule has 2 aliphatic rings. The van der Waals surface area contributed by atoms with Crippen molar-refractivity contribution in [1.29, 1.82) is 10.5 Å². The van der Waals surface area contributed by atoms with Crippen molar-refractivity contribution in [3.05, 3.63) is 88.6 Å². The van der Waals surface area contributed by atoms with Gasteiger partial charge < -0.3 is 19.4 Å². The molecule has 2 saturated heterocycles. The monoisotopic (exact) mass is 568 g/mol. The number of piperidine rings is 1. The van der Waals surface area contributed by atoms with E-state index in [4.69, 9.17) is 21.6 Å². The number of benzene rings is 2. The highest BCUT2D eigenvalue weighted by Crippen LogP contribution is 2.34. The van der Waals surface area contributed by atoms with Gasteiger partial charge in [-0.05, 0) is 60.9 Å². The first-order valence-corrected chi connectivity index (χ1v) is 13.8. The molecule has 208 valence electrons. The molecule has 1 aromatic heterocycles. The van der Waals surface area contributed by atoms with E-state index in [1.807, 2.05) is 41.3 Å². The molecular formula is C31H29ClN6O3. The van der Waals surface area contributed by atoms with Gasteiger partial charge in [-0.15, -0.1) is 0 Å². The van der Waals surface area contributed by atoms with Crippen LogP contribution < -0.4 is 9.64 Å². The Hall–Kier alpha value is -4.60. The number of likely N-dealkylation sites (tertiary alicyclic amines) is 1. The second-order valence-corrected chi connectivity index (χ2v) is 10.8. The molecule has 0 bridgehead atoms. The summed E-state index contributed by atoms with van der Waals surface area (Å²) < 4.78 is 5.60. The second-order valence-electron chi connectivity index (χ2n) is 10.4. The van der Waals surface area contributed by atoms with E-state index >= 15 is 0 Å². The Morgan fingerprint density at radius 3 is 2.39 bits per heavy atom. The predicted molar refractivity (Wildman–Crippen MR) is 153 cm³/mol. The number of pyridine rings is 1. The summed E-state index contributed by atoms with van der Waals surface area (Å²) >= 11 is 6.14. The lowest BCUT2D eigenvalue weighted by Gasteiger charge is -2.34. The molecule has 0 spiro atoms. The average Bonchev–Trinajstić information content (AvgIpc) is 3.46. The van der Waals surface area contributed by atoms with E-state index in [2.05, 4.69) is 16.0 Å². The fraction of sp³-hybridized carbons (Fsp3) is 0.323. The van der Waals surface area contributed by atoms with E-state index < -0.39 is 6.09 Å². The average molecular weight is 569 g/mol. The van der Waals surface area contributed by atoms with E-state index in [9.17, 15) is 14.9 Å². The Morgan fingerprint density at radius 1 is 1.00 bits per heavy atom. The molecule has 2 unspecified atom stereocenters. The van der Waals surface area contributed by atoms with Crippen LogP contribution in [0.15, 0.2) is 66.9 Å². The molecule has 3 heterocycles. The van der Waals surface area contributed by atoms with Crippen LogP contribution in [0.4, 0.5) is 10.6 Å². The summed E-state index contributed by atoms with van der Waals surface area (Å²) in [7, 11) is 1.68. The minimum atomic E-state index is -0.554. The van der Waals surface area contributed by atoms with E-state index in [-0.39, 0.29) is 23.8 Å². The zero-order valence-electron chi connectivity index (χ0n) is 22.6. The van der Waals surface area contributed by atoms with Gasteiger partial charge in [0.15, 0.2) is 0 Å². The minimum absolute atomic E-state index is 0.0855. The fourth-order valence-corrected chi connectivity index (χ4v) is 5.71. The van der Waals surface area contributed by atoms with Crippen molar-refractivity contribution in [1.82, 2.24) is 14.8 Å². The number of nitriles is 2. The molecule has 41 heavy (non-hydrogen) atoms. The lowest BCUT2D eigenvalue weighted by molar-refractivity contribution is -0.135. The number of anilines is 1. The van der Waals surface area contributed by atoms with Gasteiger partial charge in [-0.2, -0.15) is 10.5 Å². The molecule has 10 heteroatoms. The number of hydrogen-bond donors (Lipinski definition) is 0. The number of carbonyl (C=O) groups excluding carboxylic acids is 2. The van der Waals surface area contributed by atoms with E-state index in [0.717, 1.165) is 11.4 Å². The summed E-state index contributed by atoms with van der Waals surface area (Å²) in [6.07, 6.45) is 2.40. The van der Waals surface area contributed by atoms with Gasteiger partial charge in [-0.25, -0.2) is 9.78 Å². The summed E-state index contributed by atoms with van der Waals surface area (Å²) in [6.45, 7) is 2.25. The Labute approximate surface area is 244 Å². The van der Waals surface area contributed by atoms with Crippen LogP contribution in [0.3, 0.4) is 0 Å². The number of nitrogens with zero attached hydrogens (tertiary/aromatic N) is 6. The molecule has 0 N–H and O–H groups in total. The number of rotatable bonds is 5. The van der Waals surface area contributed by atoms with Crippen LogP contribution in [-0.4, -0.2) is 66.1 Å². The first kappa shape index (κ1) is 27.9. The standard InChI is InChI=1S/C31H29ClN6O3/c1-36(31(40)41-26-4-2-3-21(15-26)16-33)28-20-38(19-27(28)23-6-8-25(32)9-7-23)30(39)24-11-13-37(14-12-24)29-10-5-22(17-34)18-35-29/h2-10,15,18,24,27-28H,11-14,19-20H2,1H3. The fourth-order valence-electron chi connectivity index (χ4n) is 5.59. The van der Waals surface area contributed by atoms with E-state index in [1.165, 1.54) is 6.07 Å². The largest absolute Gasteiger partial charge is 0.415 e. The highest BCUT2D eigenvalue weighted by Gasteiger charge is 2.42. The Balaban J connectivity index is 1.28. The van der Waals surface area contributed by atoms with Crippen molar-refractivity contribution in [3.63, 3.8) is 0 Å². The van der Waals surface area contributed by atoms with Gasteiger partial charge >= 0.3 is 6.09 Å². The summed E-state index contributed by atoms with van der Waals surface area (Å²) in [5.41, 5.74) is 1.90. The maximum Gasteiger partial charge on any atom is 0.415 e. The van der Waals surface area contributed by atoms with Crippen LogP contribution in [0.1, 0.15) is 35.4 Å². The van der Waals surface area contributed by atoms with Gasteiger partial charge in [0.25, 0.3) is 0 Å². The lowest BCUT2D eigenvalue weighted by atomic mass is 9.93. The number of aromatic nitrogens is 1. The Bertz CT molecular complexity index is 1490. The third kappa shape index (κ3) is 6.26. The number of likely N-dealkylation sites (N-methyl/N-ethyl adjacent to an activating group) is 1. The smallest absolute Gasteiger partial charge is 0.410 e. The van der Waals surface area contributed by atoms with Crippen molar-refractivity contribution in [2.75, 3.05) is 38.1 Å². The number of hydrogen-bond acceptors (Lipinski definition) is 7. The quantitative estimate of drug-likeness (QED) is 0.433.